The minimum Gasteiger partial charge on any atom is -0.493 e. The van der Waals surface area contributed by atoms with Crippen molar-refractivity contribution in [2.75, 3.05) is 13.7 Å². The van der Waals surface area contributed by atoms with Crippen LogP contribution in [0.3, 0.4) is 0 Å². The van der Waals surface area contributed by atoms with Gasteiger partial charge in [-0.05, 0) is 18.9 Å². The number of nitriles is 1. The van der Waals surface area contributed by atoms with Gasteiger partial charge >= 0.3 is 6.09 Å². The van der Waals surface area contributed by atoms with Crippen molar-refractivity contribution in [1.82, 2.24) is 4.98 Å². The number of ether oxygens (including phenoxy) is 3. The summed E-state index contributed by atoms with van der Waals surface area (Å²) in [5.41, 5.74) is 5.38. The van der Waals surface area contributed by atoms with Crippen molar-refractivity contribution in [3.8, 4) is 17.6 Å². The van der Waals surface area contributed by atoms with Gasteiger partial charge in [0.15, 0.2) is 11.5 Å². The molecule has 1 heterocycles. The van der Waals surface area contributed by atoms with E-state index in [9.17, 15) is 4.79 Å². The summed E-state index contributed by atoms with van der Waals surface area (Å²) in [6.45, 7) is 6.53. The second kappa shape index (κ2) is 7.60. The molecule has 1 aromatic heterocycles. The highest BCUT2D eigenvalue weighted by Gasteiger charge is 2.55. The predicted octanol–water partition coefficient (Wildman–Crippen LogP) is 4.44. The minimum absolute atomic E-state index is 0.214. The van der Waals surface area contributed by atoms with Crippen molar-refractivity contribution < 1.29 is 19.0 Å². The predicted molar refractivity (Wildman–Crippen MR) is 109 cm³/mol. The number of benzene rings is 1. The van der Waals surface area contributed by atoms with Gasteiger partial charge in [-0.3, -0.25) is 4.98 Å². The lowest BCUT2D eigenvalue weighted by Crippen LogP contribution is -2.58. The monoisotopic (exact) mass is 417 g/mol. The Morgan fingerprint density at radius 3 is 2.62 bits per heavy atom. The van der Waals surface area contributed by atoms with Crippen LogP contribution in [0.5, 0.6) is 11.5 Å². The number of carbonyl (C=O) groups is 1. The molecule has 1 fully saturated rings. The second-order valence-corrected chi connectivity index (χ2v) is 8.75. The van der Waals surface area contributed by atoms with Crippen molar-refractivity contribution in [1.29, 1.82) is 5.26 Å². The number of hydrogen-bond donors (Lipinski definition) is 1. The van der Waals surface area contributed by atoms with E-state index < -0.39 is 11.7 Å². The van der Waals surface area contributed by atoms with Gasteiger partial charge in [-0.1, -0.05) is 32.4 Å². The molecule has 1 aliphatic carbocycles. The summed E-state index contributed by atoms with van der Waals surface area (Å²) < 4.78 is 16.9. The average Bonchev–Trinajstić information content (AvgIpc) is 2.61. The number of nitrogens with two attached hydrogens (primary N) is 1. The molecule has 3 rings (SSSR count). The van der Waals surface area contributed by atoms with Crippen LogP contribution in [-0.4, -0.2) is 30.4 Å². The maximum atomic E-state index is 11.3. The van der Waals surface area contributed by atoms with E-state index >= 15 is 0 Å². The Bertz CT molecular complexity index is 988. The Kier molecular flexibility index (Phi) is 5.50. The first-order valence-corrected chi connectivity index (χ1v) is 9.65. The van der Waals surface area contributed by atoms with Gasteiger partial charge in [0.2, 0.25) is 0 Å². The van der Waals surface area contributed by atoms with Crippen molar-refractivity contribution in [3.05, 3.63) is 28.9 Å². The summed E-state index contributed by atoms with van der Waals surface area (Å²) in [5, 5.41) is 10.1. The highest BCUT2D eigenvalue weighted by atomic mass is 35.5. The number of amides is 1. The molecule has 0 aliphatic heterocycles. The lowest BCUT2D eigenvalue weighted by molar-refractivity contribution is -0.154. The fourth-order valence-electron chi connectivity index (χ4n) is 3.76. The molecular weight excluding hydrogens is 394 g/mol. The average molecular weight is 418 g/mol. The maximum Gasteiger partial charge on any atom is 0.405 e. The Labute approximate surface area is 174 Å². The molecular formula is C21H24ClN3O4. The number of halogens is 1. The third kappa shape index (κ3) is 3.90. The molecule has 0 spiro atoms. The maximum absolute atomic E-state index is 11.3. The molecule has 29 heavy (non-hydrogen) atoms. The number of primary amides is 1. The van der Waals surface area contributed by atoms with E-state index in [1.54, 1.807) is 12.1 Å². The summed E-state index contributed by atoms with van der Waals surface area (Å²) in [6.07, 6.45) is 2.02. The first-order chi connectivity index (χ1) is 13.6. The zero-order valence-electron chi connectivity index (χ0n) is 16.9. The standard InChI is InChI=1S/C21H24ClN3O4/c1-20(2,3)21(29-19(24)26)7-12(8-21)11-28-17-6-15-14(5-16(17)27-4)18(22)13(9-23)10-25-15/h5-6,10,12H,7-8,11H2,1-4H3,(H2,24,26). The van der Waals surface area contributed by atoms with Crippen LogP contribution in [0.2, 0.25) is 5.02 Å². The van der Waals surface area contributed by atoms with Gasteiger partial charge in [0.25, 0.3) is 0 Å². The summed E-state index contributed by atoms with van der Waals surface area (Å²) >= 11 is 6.29. The van der Waals surface area contributed by atoms with Crippen LogP contribution in [0.25, 0.3) is 10.9 Å². The number of hydrogen-bond acceptors (Lipinski definition) is 6. The molecule has 0 bridgehead atoms. The molecule has 0 atom stereocenters. The van der Waals surface area contributed by atoms with E-state index in [0.717, 1.165) is 0 Å². The molecule has 1 amide bonds. The number of fused-ring (bicyclic) bond motifs is 1. The lowest BCUT2D eigenvalue weighted by Gasteiger charge is -2.53. The molecule has 0 saturated heterocycles. The summed E-state index contributed by atoms with van der Waals surface area (Å²) in [4.78, 5) is 15.6. The van der Waals surface area contributed by atoms with Gasteiger partial charge < -0.3 is 19.9 Å². The van der Waals surface area contributed by atoms with E-state index in [-0.39, 0.29) is 11.3 Å². The number of pyridine rings is 1. The summed E-state index contributed by atoms with van der Waals surface area (Å²) in [5.74, 6) is 1.26. The molecule has 154 valence electrons. The van der Waals surface area contributed by atoms with Crippen LogP contribution in [0.1, 0.15) is 39.2 Å². The molecule has 7 nitrogen and oxygen atoms in total. The Hall–Kier alpha value is -2.72. The molecule has 1 aliphatic rings. The fourth-order valence-corrected chi connectivity index (χ4v) is 4.00. The van der Waals surface area contributed by atoms with Crippen LogP contribution in [-0.2, 0) is 4.74 Å². The van der Waals surface area contributed by atoms with Crippen LogP contribution < -0.4 is 15.2 Å². The minimum atomic E-state index is -0.754. The van der Waals surface area contributed by atoms with Gasteiger partial charge in [0.1, 0.15) is 11.7 Å². The number of methoxy groups -OCH3 is 1. The topological polar surface area (TPSA) is 107 Å². The van der Waals surface area contributed by atoms with Gasteiger partial charge in [-0.2, -0.15) is 5.26 Å². The highest BCUT2D eigenvalue weighted by Crippen LogP contribution is 2.52. The smallest absolute Gasteiger partial charge is 0.405 e. The van der Waals surface area contributed by atoms with Crippen molar-refractivity contribution in [3.63, 3.8) is 0 Å². The van der Waals surface area contributed by atoms with E-state index in [2.05, 4.69) is 4.98 Å². The van der Waals surface area contributed by atoms with E-state index in [4.69, 9.17) is 36.8 Å². The first-order valence-electron chi connectivity index (χ1n) is 9.28. The third-order valence-corrected chi connectivity index (χ3v) is 5.99. The van der Waals surface area contributed by atoms with E-state index in [1.807, 2.05) is 26.8 Å². The molecule has 2 aromatic rings. The number of carbonyl (C=O) groups excluding carboxylic acids is 1. The van der Waals surface area contributed by atoms with Crippen LogP contribution >= 0.6 is 11.6 Å². The lowest BCUT2D eigenvalue weighted by atomic mass is 9.59. The molecule has 0 unspecified atom stereocenters. The number of rotatable bonds is 5. The van der Waals surface area contributed by atoms with Crippen molar-refractivity contribution >= 4 is 28.6 Å². The number of nitrogens with zero attached hydrogens (tertiary/aromatic N) is 2. The van der Waals surface area contributed by atoms with Gasteiger partial charge in [-0.15, -0.1) is 0 Å². The van der Waals surface area contributed by atoms with Gasteiger partial charge in [0.05, 0.1) is 29.8 Å². The van der Waals surface area contributed by atoms with Crippen LogP contribution in [0, 0.1) is 22.7 Å². The SMILES string of the molecule is COc1cc2c(Cl)c(C#N)cnc2cc1OCC1CC(OC(N)=O)(C(C)(C)C)C1. The van der Waals surface area contributed by atoms with Gasteiger partial charge in [0, 0.05) is 29.0 Å². The molecule has 1 saturated carbocycles. The van der Waals surface area contributed by atoms with Gasteiger partial charge in [-0.25, -0.2) is 4.79 Å². The zero-order valence-corrected chi connectivity index (χ0v) is 17.7. The van der Waals surface area contributed by atoms with Crippen LogP contribution in [0.4, 0.5) is 4.79 Å². The quantitative estimate of drug-likeness (QED) is 0.770. The van der Waals surface area contributed by atoms with E-state index in [1.165, 1.54) is 13.3 Å². The van der Waals surface area contributed by atoms with Crippen molar-refractivity contribution in [2.45, 2.75) is 39.2 Å². The Morgan fingerprint density at radius 1 is 1.38 bits per heavy atom. The first kappa shape index (κ1) is 21.0. The van der Waals surface area contributed by atoms with Crippen molar-refractivity contribution in [2.24, 2.45) is 17.1 Å². The summed E-state index contributed by atoms with van der Waals surface area (Å²) in [6, 6.07) is 5.48. The number of aromatic nitrogens is 1. The Morgan fingerprint density at radius 2 is 2.07 bits per heavy atom. The molecule has 1 aromatic carbocycles. The molecule has 2 N–H and O–H groups in total. The highest BCUT2D eigenvalue weighted by molar-refractivity contribution is 6.36. The summed E-state index contributed by atoms with van der Waals surface area (Å²) in [7, 11) is 1.54. The zero-order chi connectivity index (χ0) is 21.4. The normalized spacial score (nSPS) is 21.2. The third-order valence-electron chi connectivity index (χ3n) is 5.58. The largest absolute Gasteiger partial charge is 0.493 e. The molecule has 8 heteroatoms. The molecule has 0 radical (unpaired) electrons. The second-order valence-electron chi connectivity index (χ2n) is 8.37. The fraction of sp³-hybridized carbons (Fsp3) is 0.476. The van der Waals surface area contributed by atoms with E-state index in [0.29, 0.717) is 52.4 Å². The van der Waals surface area contributed by atoms with Crippen LogP contribution in [0.15, 0.2) is 18.3 Å². The Balaban J connectivity index is 1.76.